The average Bonchev–Trinajstić information content (AvgIpc) is 2.95. The number of benzene rings is 1. The van der Waals surface area contributed by atoms with Crippen molar-refractivity contribution in [2.24, 2.45) is 18.9 Å². The third-order valence-electron chi connectivity index (χ3n) is 5.39. The average molecular weight is 418 g/mol. The number of carboxylic acid groups (broad SMARTS) is 1. The van der Waals surface area contributed by atoms with E-state index in [-0.39, 0.29) is 18.1 Å². The second-order valence-electron chi connectivity index (χ2n) is 7.79. The summed E-state index contributed by atoms with van der Waals surface area (Å²) in [5.74, 6) is -4.25. The molecular formula is C22H27FN2O5. The van der Waals surface area contributed by atoms with E-state index in [2.05, 4.69) is 5.32 Å². The minimum absolute atomic E-state index is 0.113. The lowest BCUT2D eigenvalue weighted by Gasteiger charge is -2.23. The van der Waals surface area contributed by atoms with Gasteiger partial charge in [-0.2, -0.15) is 0 Å². The molecule has 7 nitrogen and oxygen atoms in total. The van der Waals surface area contributed by atoms with Gasteiger partial charge in [0, 0.05) is 30.3 Å². The molecule has 0 radical (unpaired) electrons. The monoisotopic (exact) mass is 418 g/mol. The van der Waals surface area contributed by atoms with E-state index < -0.39 is 42.7 Å². The fraction of sp³-hybridized carbons (Fsp3) is 0.455. The van der Waals surface area contributed by atoms with E-state index in [1.54, 1.807) is 25.5 Å². The number of ketones is 2. The molecule has 0 fully saturated rings. The number of hydrogen-bond acceptors (Lipinski definition) is 4. The topological polar surface area (TPSA) is 105 Å². The molecule has 0 saturated carbocycles. The molecule has 30 heavy (non-hydrogen) atoms. The number of fused-ring (bicyclic) bond motifs is 1. The maximum Gasteiger partial charge on any atom is 0.305 e. The SMILES string of the molecule is Cc1c(C(=O)CC(C(=O)NC(CC(=O)O)C(=O)CF)C(C)C)n(C)c2ccccc12. The summed E-state index contributed by atoms with van der Waals surface area (Å²) in [4.78, 5) is 48.5. The van der Waals surface area contributed by atoms with Crippen LogP contribution in [0.5, 0.6) is 0 Å². The van der Waals surface area contributed by atoms with Gasteiger partial charge in [0.2, 0.25) is 5.91 Å². The van der Waals surface area contributed by atoms with E-state index in [0.717, 1.165) is 16.5 Å². The number of nitrogens with one attached hydrogen (secondary N) is 1. The van der Waals surface area contributed by atoms with Gasteiger partial charge in [-0.15, -0.1) is 0 Å². The van der Waals surface area contributed by atoms with Crippen LogP contribution >= 0.6 is 0 Å². The predicted molar refractivity (Wildman–Crippen MR) is 110 cm³/mol. The number of aryl methyl sites for hydroxylation is 2. The third kappa shape index (κ3) is 4.93. The van der Waals surface area contributed by atoms with Crippen molar-refractivity contribution in [1.82, 2.24) is 9.88 Å². The number of carbonyl (C=O) groups is 4. The van der Waals surface area contributed by atoms with Gasteiger partial charge in [-0.3, -0.25) is 19.2 Å². The van der Waals surface area contributed by atoms with Crippen molar-refractivity contribution >= 4 is 34.3 Å². The number of hydrogen-bond donors (Lipinski definition) is 2. The minimum atomic E-state index is -1.46. The molecule has 1 aromatic heterocycles. The zero-order valence-corrected chi connectivity index (χ0v) is 17.6. The highest BCUT2D eigenvalue weighted by molar-refractivity contribution is 6.04. The third-order valence-corrected chi connectivity index (χ3v) is 5.39. The molecule has 0 saturated heterocycles. The van der Waals surface area contributed by atoms with Crippen molar-refractivity contribution in [1.29, 1.82) is 0 Å². The lowest BCUT2D eigenvalue weighted by atomic mass is 9.88. The fourth-order valence-corrected chi connectivity index (χ4v) is 3.70. The Hall–Kier alpha value is -3.03. The molecule has 2 atom stereocenters. The van der Waals surface area contributed by atoms with E-state index in [9.17, 15) is 23.6 Å². The number of aromatic nitrogens is 1. The summed E-state index contributed by atoms with van der Waals surface area (Å²) in [6.45, 7) is 3.99. The molecule has 2 N–H and O–H groups in total. The zero-order chi connectivity index (χ0) is 22.6. The highest BCUT2D eigenvalue weighted by Crippen LogP contribution is 2.27. The summed E-state index contributed by atoms with van der Waals surface area (Å²) in [6, 6.07) is 6.14. The Balaban J connectivity index is 2.27. The molecule has 1 aromatic carbocycles. The van der Waals surface area contributed by atoms with Gasteiger partial charge in [0.25, 0.3) is 0 Å². The summed E-state index contributed by atoms with van der Waals surface area (Å²) in [5.41, 5.74) is 2.22. The smallest absolute Gasteiger partial charge is 0.305 e. The molecule has 0 aliphatic carbocycles. The second-order valence-corrected chi connectivity index (χ2v) is 7.79. The van der Waals surface area contributed by atoms with Crippen LogP contribution in [0.25, 0.3) is 10.9 Å². The zero-order valence-electron chi connectivity index (χ0n) is 17.6. The standard InChI is InChI=1S/C22H27FN2O5/c1-12(2)15(22(30)24-16(10-20(28)29)19(27)11-23)9-18(26)21-13(3)14-7-5-6-8-17(14)25(21)4/h5-8,12,15-16H,9-11H2,1-4H3,(H,24,30)(H,28,29). The number of halogens is 1. The van der Waals surface area contributed by atoms with Crippen LogP contribution in [0.15, 0.2) is 24.3 Å². The van der Waals surface area contributed by atoms with Crippen LogP contribution in [0.3, 0.4) is 0 Å². The first-order valence-corrected chi connectivity index (χ1v) is 9.76. The predicted octanol–water partition coefficient (Wildman–Crippen LogP) is 2.83. The number of carboxylic acids is 1. The molecule has 2 rings (SSSR count). The van der Waals surface area contributed by atoms with E-state index in [0.29, 0.717) is 5.69 Å². The summed E-state index contributed by atoms with van der Waals surface area (Å²) in [6.07, 6.45) is -0.826. The molecule has 0 aliphatic rings. The van der Waals surface area contributed by atoms with Crippen molar-refractivity contribution < 1.29 is 28.7 Å². The number of carbonyl (C=O) groups excluding carboxylic acids is 3. The number of aliphatic carboxylic acids is 1. The first kappa shape index (κ1) is 23.3. The summed E-state index contributed by atoms with van der Waals surface area (Å²) in [5, 5.41) is 12.2. The Labute approximate surface area is 174 Å². The highest BCUT2D eigenvalue weighted by Gasteiger charge is 2.31. The quantitative estimate of drug-likeness (QED) is 0.577. The molecule has 0 aliphatic heterocycles. The second kappa shape index (κ2) is 9.65. The maximum absolute atomic E-state index is 13.1. The molecule has 8 heteroatoms. The molecule has 2 aromatic rings. The minimum Gasteiger partial charge on any atom is -0.481 e. The first-order chi connectivity index (χ1) is 14.1. The summed E-state index contributed by atoms with van der Waals surface area (Å²) < 4.78 is 14.6. The van der Waals surface area contributed by atoms with Gasteiger partial charge in [0.05, 0.1) is 12.1 Å². The van der Waals surface area contributed by atoms with E-state index in [1.807, 2.05) is 31.2 Å². The van der Waals surface area contributed by atoms with Crippen LogP contribution in [0.1, 0.15) is 42.7 Å². The maximum atomic E-state index is 13.1. The van der Waals surface area contributed by atoms with E-state index in [4.69, 9.17) is 5.11 Å². The summed E-state index contributed by atoms with van der Waals surface area (Å²) >= 11 is 0. The van der Waals surface area contributed by atoms with Gasteiger partial charge in [0.1, 0.15) is 12.7 Å². The number of amides is 1. The lowest BCUT2D eigenvalue weighted by Crippen LogP contribution is -2.46. The van der Waals surface area contributed by atoms with Crippen LogP contribution in [0, 0.1) is 18.8 Å². The first-order valence-electron chi connectivity index (χ1n) is 9.76. The van der Waals surface area contributed by atoms with Gasteiger partial charge in [0.15, 0.2) is 11.6 Å². The highest BCUT2D eigenvalue weighted by atomic mass is 19.1. The number of rotatable bonds is 10. The van der Waals surface area contributed by atoms with Crippen LogP contribution in [-0.4, -0.2) is 45.8 Å². The molecule has 1 heterocycles. The van der Waals surface area contributed by atoms with E-state index in [1.165, 1.54) is 0 Å². The number of nitrogens with zero attached hydrogens (tertiary/aromatic N) is 1. The van der Waals surface area contributed by atoms with Crippen LogP contribution < -0.4 is 5.32 Å². The Morgan fingerprint density at radius 1 is 1.13 bits per heavy atom. The Morgan fingerprint density at radius 3 is 2.30 bits per heavy atom. The number of alkyl halides is 1. The van der Waals surface area contributed by atoms with Gasteiger partial charge in [-0.05, 0) is 24.5 Å². The van der Waals surface area contributed by atoms with Crippen LogP contribution in [0.2, 0.25) is 0 Å². The normalized spacial score (nSPS) is 13.3. The van der Waals surface area contributed by atoms with Crippen molar-refractivity contribution in [2.75, 3.05) is 6.67 Å². The largest absolute Gasteiger partial charge is 0.481 e. The van der Waals surface area contributed by atoms with Crippen molar-refractivity contribution in [3.8, 4) is 0 Å². The Bertz CT molecular complexity index is 940. The van der Waals surface area contributed by atoms with Gasteiger partial charge >= 0.3 is 5.97 Å². The number of para-hydroxylation sites is 1. The molecule has 0 bridgehead atoms. The Kier molecular flexibility index (Phi) is 7.48. The molecular weight excluding hydrogens is 391 g/mol. The Morgan fingerprint density at radius 2 is 1.77 bits per heavy atom. The molecule has 2 unspecified atom stereocenters. The van der Waals surface area contributed by atoms with Crippen LogP contribution in [-0.2, 0) is 21.4 Å². The van der Waals surface area contributed by atoms with Crippen molar-refractivity contribution in [2.45, 2.75) is 39.7 Å². The van der Waals surface area contributed by atoms with Gasteiger partial charge in [-0.25, -0.2) is 4.39 Å². The van der Waals surface area contributed by atoms with E-state index >= 15 is 0 Å². The van der Waals surface area contributed by atoms with Gasteiger partial charge in [-0.1, -0.05) is 32.0 Å². The molecule has 162 valence electrons. The van der Waals surface area contributed by atoms with Crippen molar-refractivity contribution in [3.05, 3.63) is 35.5 Å². The van der Waals surface area contributed by atoms with Crippen molar-refractivity contribution in [3.63, 3.8) is 0 Å². The van der Waals surface area contributed by atoms with Gasteiger partial charge < -0.3 is 15.0 Å². The fourth-order valence-electron chi connectivity index (χ4n) is 3.70. The molecule has 0 spiro atoms. The molecule has 1 amide bonds. The number of Topliss-reactive ketones (excluding diaryl/α,β-unsaturated/α-hetero) is 2. The lowest BCUT2D eigenvalue weighted by molar-refractivity contribution is -0.140. The van der Waals surface area contributed by atoms with Crippen LogP contribution in [0.4, 0.5) is 4.39 Å². The summed E-state index contributed by atoms with van der Waals surface area (Å²) in [7, 11) is 1.79.